The van der Waals surface area contributed by atoms with E-state index in [9.17, 15) is 4.79 Å². The lowest BCUT2D eigenvalue weighted by molar-refractivity contribution is 0.112. The first-order valence-corrected chi connectivity index (χ1v) is 4.53. The molecule has 0 N–H and O–H groups in total. The highest BCUT2D eigenvalue weighted by molar-refractivity contribution is 5.91. The maximum absolute atomic E-state index is 10.7. The average Bonchev–Trinajstić information content (AvgIpc) is 2.46. The Balaban J connectivity index is 2.90. The van der Waals surface area contributed by atoms with Gasteiger partial charge >= 0.3 is 0 Å². The molecular formula is C11H12N2O. The molecule has 0 unspecified atom stereocenters. The molecule has 72 valence electrons. The largest absolute Gasteiger partial charge is 0.298 e. The quantitative estimate of drug-likeness (QED) is 0.641. The van der Waals surface area contributed by atoms with E-state index in [1.807, 2.05) is 37.7 Å². The van der Waals surface area contributed by atoms with Crippen molar-refractivity contribution in [2.24, 2.45) is 7.05 Å². The van der Waals surface area contributed by atoms with E-state index in [-0.39, 0.29) is 0 Å². The average molecular weight is 188 g/mol. The van der Waals surface area contributed by atoms with Crippen molar-refractivity contribution >= 4 is 17.2 Å². The second-order valence-corrected chi connectivity index (χ2v) is 3.50. The first-order chi connectivity index (χ1) is 6.65. The highest BCUT2D eigenvalue weighted by Gasteiger charge is 2.09. The molecule has 0 atom stereocenters. The number of nitrogens with zero attached hydrogens (tertiary/aromatic N) is 2. The SMILES string of the molecule is Cc1c(C=O)ccc2c(C)n(C)nc12. The van der Waals surface area contributed by atoms with Crippen LogP contribution < -0.4 is 0 Å². The summed E-state index contributed by atoms with van der Waals surface area (Å²) in [5, 5.41) is 5.50. The maximum atomic E-state index is 10.7. The Morgan fingerprint density at radius 3 is 2.71 bits per heavy atom. The van der Waals surface area contributed by atoms with Crippen molar-refractivity contribution in [3.05, 3.63) is 29.0 Å². The molecule has 2 rings (SSSR count). The van der Waals surface area contributed by atoms with Gasteiger partial charge in [0.05, 0.1) is 5.52 Å². The van der Waals surface area contributed by atoms with Gasteiger partial charge in [0.1, 0.15) is 6.29 Å². The van der Waals surface area contributed by atoms with Crippen LogP contribution in [0.15, 0.2) is 12.1 Å². The van der Waals surface area contributed by atoms with Crippen LogP contribution in [0.25, 0.3) is 10.9 Å². The Kier molecular flexibility index (Phi) is 1.88. The van der Waals surface area contributed by atoms with Gasteiger partial charge in [-0.1, -0.05) is 12.1 Å². The Morgan fingerprint density at radius 2 is 2.07 bits per heavy atom. The fraction of sp³-hybridized carbons (Fsp3) is 0.273. The van der Waals surface area contributed by atoms with Crippen molar-refractivity contribution in [2.75, 3.05) is 0 Å². The molecule has 0 amide bonds. The van der Waals surface area contributed by atoms with Crippen molar-refractivity contribution < 1.29 is 4.79 Å². The van der Waals surface area contributed by atoms with Crippen LogP contribution in [0.1, 0.15) is 21.6 Å². The van der Waals surface area contributed by atoms with E-state index in [0.717, 1.165) is 34.0 Å². The summed E-state index contributed by atoms with van der Waals surface area (Å²) in [6.07, 6.45) is 0.874. The van der Waals surface area contributed by atoms with Gasteiger partial charge in [0.2, 0.25) is 0 Å². The third kappa shape index (κ3) is 1.05. The van der Waals surface area contributed by atoms with Crippen LogP contribution in [0, 0.1) is 13.8 Å². The van der Waals surface area contributed by atoms with Crippen molar-refractivity contribution in [1.82, 2.24) is 9.78 Å². The molecule has 14 heavy (non-hydrogen) atoms. The van der Waals surface area contributed by atoms with Gasteiger partial charge in [-0.2, -0.15) is 5.10 Å². The van der Waals surface area contributed by atoms with Crippen molar-refractivity contribution in [3.63, 3.8) is 0 Å². The van der Waals surface area contributed by atoms with Crippen LogP contribution in [-0.4, -0.2) is 16.1 Å². The summed E-state index contributed by atoms with van der Waals surface area (Å²) in [6, 6.07) is 3.80. The fourth-order valence-corrected chi connectivity index (χ4v) is 1.66. The third-order valence-corrected chi connectivity index (χ3v) is 2.73. The van der Waals surface area contributed by atoms with Crippen LogP contribution in [0.3, 0.4) is 0 Å². The molecule has 0 aliphatic heterocycles. The van der Waals surface area contributed by atoms with Crippen molar-refractivity contribution in [3.8, 4) is 0 Å². The molecule has 1 aromatic carbocycles. The maximum Gasteiger partial charge on any atom is 0.150 e. The van der Waals surface area contributed by atoms with Gasteiger partial charge in [0.25, 0.3) is 0 Å². The van der Waals surface area contributed by atoms with E-state index < -0.39 is 0 Å². The molecular weight excluding hydrogens is 176 g/mol. The second-order valence-electron chi connectivity index (χ2n) is 3.50. The number of fused-ring (bicyclic) bond motifs is 1. The van der Waals surface area contributed by atoms with Crippen LogP contribution >= 0.6 is 0 Å². The number of aldehydes is 1. The summed E-state index contributed by atoms with van der Waals surface area (Å²) in [6.45, 7) is 3.95. The molecule has 0 fully saturated rings. The second kappa shape index (κ2) is 2.94. The van der Waals surface area contributed by atoms with Crippen LogP contribution in [-0.2, 0) is 7.05 Å². The zero-order valence-corrected chi connectivity index (χ0v) is 8.53. The number of benzene rings is 1. The summed E-state index contributed by atoms with van der Waals surface area (Å²) >= 11 is 0. The number of hydrogen-bond acceptors (Lipinski definition) is 2. The minimum Gasteiger partial charge on any atom is -0.298 e. The number of hydrogen-bond donors (Lipinski definition) is 0. The van der Waals surface area contributed by atoms with Crippen LogP contribution in [0.4, 0.5) is 0 Å². The molecule has 1 aromatic heterocycles. The van der Waals surface area contributed by atoms with Gasteiger partial charge < -0.3 is 0 Å². The smallest absolute Gasteiger partial charge is 0.150 e. The summed E-state index contributed by atoms with van der Waals surface area (Å²) in [5.41, 5.74) is 3.73. The highest BCUT2D eigenvalue weighted by atomic mass is 16.1. The van der Waals surface area contributed by atoms with Crippen molar-refractivity contribution in [2.45, 2.75) is 13.8 Å². The molecule has 3 heteroatoms. The highest BCUT2D eigenvalue weighted by Crippen LogP contribution is 2.22. The van der Waals surface area contributed by atoms with E-state index in [4.69, 9.17) is 0 Å². The normalized spacial score (nSPS) is 10.8. The number of aryl methyl sites for hydroxylation is 3. The molecule has 1 heterocycles. The third-order valence-electron chi connectivity index (χ3n) is 2.73. The Labute approximate surface area is 82.3 Å². The van der Waals surface area contributed by atoms with Gasteiger partial charge in [-0.25, -0.2) is 0 Å². The Hall–Kier alpha value is -1.64. The minimum atomic E-state index is 0.718. The predicted molar refractivity (Wildman–Crippen MR) is 55.6 cm³/mol. The molecule has 0 saturated heterocycles. The van der Waals surface area contributed by atoms with E-state index >= 15 is 0 Å². The summed E-state index contributed by atoms with van der Waals surface area (Å²) < 4.78 is 1.84. The number of aromatic nitrogens is 2. The Bertz CT molecular complexity index is 511. The van der Waals surface area contributed by atoms with Gasteiger partial charge in [-0.05, 0) is 19.4 Å². The summed E-state index contributed by atoms with van der Waals surface area (Å²) in [4.78, 5) is 10.7. The first-order valence-electron chi connectivity index (χ1n) is 4.53. The molecule has 3 nitrogen and oxygen atoms in total. The van der Waals surface area contributed by atoms with Gasteiger partial charge in [0, 0.05) is 23.7 Å². The zero-order valence-electron chi connectivity index (χ0n) is 8.53. The van der Waals surface area contributed by atoms with Crippen LogP contribution in [0.5, 0.6) is 0 Å². The van der Waals surface area contributed by atoms with Gasteiger partial charge in [-0.15, -0.1) is 0 Å². The van der Waals surface area contributed by atoms with Crippen LogP contribution in [0.2, 0.25) is 0 Å². The minimum absolute atomic E-state index is 0.718. The molecule has 0 spiro atoms. The fourth-order valence-electron chi connectivity index (χ4n) is 1.66. The molecule has 0 saturated carbocycles. The topological polar surface area (TPSA) is 34.9 Å². The van der Waals surface area contributed by atoms with Crippen molar-refractivity contribution in [1.29, 1.82) is 0 Å². The van der Waals surface area contributed by atoms with E-state index in [2.05, 4.69) is 5.10 Å². The van der Waals surface area contributed by atoms with E-state index in [1.54, 1.807) is 0 Å². The Morgan fingerprint density at radius 1 is 1.36 bits per heavy atom. The molecule has 0 aliphatic carbocycles. The number of rotatable bonds is 1. The van der Waals surface area contributed by atoms with E-state index in [1.165, 1.54) is 0 Å². The lowest BCUT2D eigenvalue weighted by Crippen LogP contribution is -1.91. The lowest BCUT2D eigenvalue weighted by Gasteiger charge is -1.97. The predicted octanol–water partition coefficient (Wildman–Crippen LogP) is 2.00. The van der Waals surface area contributed by atoms with E-state index in [0.29, 0.717) is 0 Å². The lowest BCUT2D eigenvalue weighted by atomic mass is 10.1. The molecule has 0 bridgehead atoms. The summed E-state index contributed by atoms with van der Waals surface area (Å²) in [5.74, 6) is 0. The molecule has 2 aromatic rings. The standard InChI is InChI=1S/C11H12N2O/c1-7-9(6-14)4-5-10-8(2)13(3)12-11(7)10/h4-6H,1-3H3. The molecule has 0 aliphatic rings. The zero-order chi connectivity index (χ0) is 10.3. The molecule has 0 radical (unpaired) electrons. The monoisotopic (exact) mass is 188 g/mol. The first kappa shape index (κ1) is 8.94. The number of carbonyl (C=O) groups is 1. The van der Waals surface area contributed by atoms with Gasteiger partial charge in [0.15, 0.2) is 0 Å². The summed E-state index contributed by atoms with van der Waals surface area (Å²) in [7, 11) is 1.91. The number of carbonyl (C=O) groups excluding carboxylic acids is 1. The van der Waals surface area contributed by atoms with Gasteiger partial charge in [-0.3, -0.25) is 9.48 Å².